The molecule has 1 unspecified atom stereocenters. The van der Waals surface area contributed by atoms with E-state index >= 15 is 4.39 Å². The van der Waals surface area contributed by atoms with E-state index in [0.717, 1.165) is 18.9 Å². The Labute approximate surface area is 278 Å². The number of aromatic nitrogens is 3. The molecule has 2 aromatic carbocycles. The maximum absolute atomic E-state index is 15.8. The molecule has 2 aromatic heterocycles. The molecule has 0 radical (unpaired) electrons. The largest absolute Gasteiger partial charge is 0.508 e. The second kappa shape index (κ2) is 14.8. The average molecular weight is 661 g/mol. The van der Waals surface area contributed by atoms with Crippen LogP contribution in [0.15, 0.2) is 47.4 Å². The van der Waals surface area contributed by atoms with Gasteiger partial charge in [-0.25, -0.2) is 13.6 Å². The summed E-state index contributed by atoms with van der Waals surface area (Å²) in [5, 5.41) is 11.2. The van der Waals surface area contributed by atoms with Crippen molar-refractivity contribution in [2.24, 2.45) is 0 Å². The van der Waals surface area contributed by atoms with Gasteiger partial charge >= 0.3 is 5.69 Å². The maximum Gasteiger partial charge on any atom is 0.347 e. The first-order chi connectivity index (χ1) is 22.7. The number of hydrogen-bond acceptors (Lipinski definition) is 8. The van der Waals surface area contributed by atoms with Gasteiger partial charge in [-0.3, -0.25) is 14.6 Å². The number of aromatic amines is 1. The van der Waals surface area contributed by atoms with Crippen molar-refractivity contribution in [3.8, 4) is 29.4 Å². The first-order valence-electron chi connectivity index (χ1n) is 16.2. The number of phenolic OH excluding ortho intramolecular Hbond substituents is 1. The van der Waals surface area contributed by atoms with Gasteiger partial charge in [0.05, 0.1) is 16.5 Å². The summed E-state index contributed by atoms with van der Waals surface area (Å²) in [4.78, 5) is 27.8. The van der Waals surface area contributed by atoms with Crippen molar-refractivity contribution < 1.29 is 13.9 Å². The Morgan fingerprint density at radius 2 is 1.91 bits per heavy atom. The number of hydrogen-bond donors (Lipinski definition) is 3. The highest BCUT2D eigenvalue weighted by Gasteiger charge is 2.44. The minimum atomic E-state index is -0.819. The summed E-state index contributed by atoms with van der Waals surface area (Å²) < 4.78 is 33.7. The number of nitrogens with zero attached hydrogens (tertiary/aromatic N) is 4. The van der Waals surface area contributed by atoms with Crippen molar-refractivity contribution in [1.29, 1.82) is 0 Å². The van der Waals surface area contributed by atoms with Gasteiger partial charge < -0.3 is 15.0 Å². The van der Waals surface area contributed by atoms with Gasteiger partial charge in [0, 0.05) is 48.4 Å². The van der Waals surface area contributed by atoms with Crippen molar-refractivity contribution in [3.63, 3.8) is 0 Å². The first kappa shape index (κ1) is 34.4. The third-order valence-corrected chi connectivity index (χ3v) is 9.64. The number of phenols is 1. The van der Waals surface area contributed by atoms with Gasteiger partial charge in [-0.2, -0.15) is 4.98 Å². The van der Waals surface area contributed by atoms with Crippen LogP contribution >= 0.6 is 11.9 Å². The van der Waals surface area contributed by atoms with Crippen LogP contribution in [0.1, 0.15) is 58.4 Å². The predicted octanol–water partition coefficient (Wildman–Crippen LogP) is 6.77. The Morgan fingerprint density at radius 1 is 1.17 bits per heavy atom. The normalized spacial score (nSPS) is 20.6. The molecule has 248 valence electrons. The lowest BCUT2D eigenvalue weighted by atomic mass is 9.96. The fraction of sp³-hybridized carbons (Fsp3) is 0.417. The molecule has 0 amide bonds. The maximum atomic E-state index is 15.8. The number of nitrogens with one attached hydrogen (secondary N) is 2. The Bertz CT molecular complexity index is 1880. The molecule has 2 atom stereocenters. The molecule has 47 heavy (non-hydrogen) atoms. The Balaban J connectivity index is 0.000000258. The highest BCUT2D eigenvalue weighted by molar-refractivity contribution is 7.96. The minimum Gasteiger partial charge on any atom is -0.508 e. The second-order valence-electron chi connectivity index (χ2n) is 12.0. The number of benzene rings is 2. The monoisotopic (exact) mass is 660 g/mol. The quantitative estimate of drug-likeness (QED) is 0.126. The van der Waals surface area contributed by atoms with E-state index in [9.17, 15) is 14.3 Å². The number of terminal acetylenes is 1. The fourth-order valence-electron chi connectivity index (χ4n) is 7.00. The summed E-state index contributed by atoms with van der Waals surface area (Å²) in [5.74, 6) is 1.03. The number of rotatable bonds is 4. The molecule has 0 saturated carbocycles. The minimum absolute atomic E-state index is 0.0650. The molecule has 4 aromatic rings. The molecule has 5 heterocycles. The van der Waals surface area contributed by atoms with E-state index in [1.54, 1.807) is 11.9 Å². The van der Waals surface area contributed by atoms with Crippen LogP contribution in [0.2, 0.25) is 0 Å². The van der Waals surface area contributed by atoms with Crippen LogP contribution in [0.4, 0.5) is 14.6 Å². The average Bonchev–Trinajstić information content (AvgIpc) is 3.41. The Kier molecular flexibility index (Phi) is 10.8. The van der Waals surface area contributed by atoms with E-state index in [1.165, 1.54) is 62.8 Å². The summed E-state index contributed by atoms with van der Waals surface area (Å²) in [6.07, 6.45) is 18.9. The van der Waals surface area contributed by atoms with Crippen LogP contribution < -0.4 is 15.3 Å². The van der Waals surface area contributed by atoms with E-state index < -0.39 is 17.3 Å². The molecule has 2 saturated heterocycles. The summed E-state index contributed by atoms with van der Waals surface area (Å²) in [7, 11) is 0. The molecule has 8 nitrogen and oxygen atoms in total. The van der Waals surface area contributed by atoms with Crippen molar-refractivity contribution in [2.45, 2.75) is 64.5 Å². The number of aromatic hydroxyl groups is 1. The standard InChI is InChI=1S/C25H18F2N4O2.C9H18N2S.C2H6/c1-2-16-19(26)8-7-14-11-15(32)12-17(20(14)16)22-21(27)23-18(13-28-22)24(30-25(33)29-23)31-9-5-3-4-6-10-31;1-9-4-3-5-11(9)7-8(6-9)10-12-2;1-2/h1,3-4,7-8,11-13,32H,5-6,9-10H2,(H,29,30,33);8,10H,3-7H2,1-2H3;1-2H3/t;8?,9-;/m.0./s1. The summed E-state index contributed by atoms with van der Waals surface area (Å²) in [5.41, 5.74) is -0.340. The summed E-state index contributed by atoms with van der Waals surface area (Å²) in [6, 6.07) is 6.06. The topological polar surface area (TPSA) is 97.4 Å². The lowest BCUT2D eigenvalue weighted by molar-refractivity contribution is 0.218. The molecule has 3 aliphatic heterocycles. The molecule has 0 bridgehead atoms. The van der Waals surface area contributed by atoms with Crippen LogP contribution in [0.25, 0.3) is 32.9 Å². The van der Waals surface area contributed by atoms with E-state index in [-0.39, 0.29) is 33.5 Å². The number of anilines is 1. The zero-order chi connectivity index (χ0) is 33.7. The van der Waals surface area contributed by atoms with Gasteiger partial charge in [0.1, 0.15) is 23.1 Å². The van der Waals surface area contributed by atoms with Crippen molar-refractivity contribution in [3.05, 3.63) is 70.3 Å². The third-order valence-electron chi connectivity index (χ3n) is 9.07. The Morgan fingerprint density at radius 3 is 2.60 bits per heavy atom. The third kappa shape index (κ3) is 7.00. The van der Waals surface area contributed by atoms with Gasteiger partial charge in [-0.05, 0) is 75.4 Å². The van der Waals surface area contributed by atoms with Gasteiger partial charge in [0.15, 0.2) is 5.82 Å². The number of halogens is 2. The van der Waals surface area contributed by atoms with E-state index in [2.05, 4.69) is 55.8 Å². The molecular formula is C36H42F2N6O2S. The first-order valence-corrected chi connectivity index (χ1v) is 17.4. The zero-order valence-electron chi connectivity index (χ0n) is 27.4. The summed E-state index contributed by atoms with van der Waals surface area (Å²) in [6.45, 7) is 10.3. The Hall–Kier alpha value is -3.98. The van der Waals surface area contributed by atoms with Gasteiger partial charge in [-0.1, -0.05) is 49.9 Å². The fourth-order valence-corrected chi connectivity index (χ4v) is 7.49. The zero-order valence-corrected chi connectivity index (χ0v) is 28.2. The van der Waals surface area contributed by atoms with Crippen molar-refractivity contribution in [1.82, 2.24) is 24.6 Å². The molecule has 2 fully saturated rings. The van der Waals surface area contributed by atoms with Crippen molar-refractivity contribution >= 4 is 39.4 Å². The highest BCUT2D eigenvalue weighted by Crippen LogP contribution is 2.39. The van der Waals surface area contributed by atoms with E-state index in [1.807, 2.05) is 18.7 Å². The molecule has 0 aliphatic carbocycles. The predicted molar refractivity (Wildman–Crippen MR) is 189 cm³/mol. The van der Waals surface area contributed by atoms with Crippen molar-refractivity contribution in [2.75, 3.05) is 37.3 Å². The second-order valence-corrected chi connectivity index (χ2v) is 12.7. The van der Waals surface area contributed by atoms with Crippen LogP contribution in [0.3, 0.4) is 0 Å². The summed E-state index contributed by atoms with van der Waals surface area (Å²) >= 11 is 1.76. The van der Waals surface area contributed by atoms with E-state index in [4.69, 9.17) is 6.42 Å². The number of pyridine rings is 1. The highest BCUT2D eigenvalue weighted by atomic mass is 32.2. The van der Waals surface area contributed by atoms with Gasteiger partial charge in [0.2, 0.25) is 0 Å². The van der Waals surface area contributed by atoms with Crippen LogP contribution in [-0.2, 0) is 0 Å². The van der Waals surface area contributed by atoms with Gasteiger partial charge in [0.25, 0.3) is 0 Å². The van der Waals surface area contributed by atoms with Gasteiger partial charge in [-0.15, -0.1) is 6.42 Å². The van der Waals surface area contributed by atoms with E-state index in [0.29, 0.717) is 35.2 Å². The molecular weight excluding hydrogens is 618 g/mol. The lowest BCUT2D eigenvalue weighted by Gasteiger charge is -2.26. The lowest BCUT2D eigenvalue weighted by Crippen LogP contribution is -2.34. The smallest absolute Gasteiger partial charge is 0.347 e. The van der Waals surface area contributed by atoms with Crippen LogP contribution in [-0.4, -0.2) is 69.0 Å². The molecule has 3 N–H and O–H groups in total. The molecule has 11 heteroatoms. The molecule has 7 rings (SSSR count). The number of H-pyrrole nitrogens is 1. The SMILES string of the molecule is C#Cc1c(F)ccc2cc(O)cc(-c3ncc4c(N5CCC=CCC5)nc(=O)[nH]c4c3F)c12.CC.CSNC1CN2CCC[C@@]2(C)C1. The van der Waals surface area contributed by atoms with Crippen LogP contribution in [0.5, 0.6) is 5.75 Å². The molecule has 0 spiro atoms. The number of fused-ring (bicyclic) bond motifs is 3. The van der Waals surface area contributed by atoms with Crippen LogP contribution in [0, 0.1) is 24.0 Å². The molecule has 3 aliphatic rings.